The third kappa shape index (κ3) is 4.86. The summed E-state index contributed by atoms with van der Waals surface area (Å²) >= 11 is 6.61. The monoisotopic (exact) mass is 476 g/mol. The fourth-order valence-corrected chi connectivity index (χ4v) is 4.76. The Labute approximate surface area is 203 Å². The maximum atomic E-state index is 13.3. The molecule has 1 aliphatic carbocycles. The molecule has 2 N–H and O–H groups in total. The summed E-state index contributed by atoms with van der Waals surface area (Å²) in [6.45, 7) is 0.430. The third-order valence-electron chi connectivity index (χ3n) is 6.54. The zero-order valence-corrected chi connectivity index (χ0v) is 19.5. The first-order valence-electron chi connectivity index (χ1n) is 11.5. The second-order valence-corrected chi connectivity index (χ2v) is 9.28. The topological polar surface area (TPSA) is 57.4 Å². The van der Waals surface area contributed by atoms with Crippen molar-refractivity contribution in [3.8, 4) is 11.6 Å². The van der Waals surface area contributed by atoms with Gasteiger partial charge in [-0.2, -0.15) is 0 Å². The predicted octanol–water partition coefficient (Wildman–Crippen LogP) is 6.78. The van der Waals surface area contributed by atoms with Crippen LogP contribution in [0.5, 0.6) is 11.6 Å². The van der Waals surface area contributed by atoms with Crippen LogP contribution in [0, 0.1) is 5.82 Å². The molecule has 0 radical (unpaired) electrons. The normalized spacial score (nSPS) is 20.3. The standard InChI is InChI=1S/C28H26ClFN2O2/c29-25-17-24-20(12-15-32-27(24)33-18-19-4-2-1-3-5-19)16-26(25)34-23-10-13-28(31,14-11-23)21-6-8-22(30)9-7-21/h1-9,12,15-17,23H,10-11,13-14,18,31H2/t23-,28-. The average Bonchev–Trinajstić information content (AvgIpc) is 2.86. The largest absolute Gasteiger partial charge is 0.489 e. The summed E-state index contributed by atoms with van der Waals surface area (Å²) in [5, 5.41) is 2.32. The first kappa shape index (κ1) is 22.6. The van der Waals surface area contributed by atoms with Crippen LogP contribution in [0.25, 0.3) is 10.8 Å². The lowest BCUT2D eigenvalue weighted by molar-refractivity contribution is 0.118. The smallest absolute Gasteiger partial charge is 0.221 e. The van der Waals surface area contributed by atoms with Gasteiger partial charge in [-0.1, -0.05) is 54.1 Å². The van der Waals surface area contributed by atoms with Crippen molar-refractivity contribution >= 4 is 22.4 Å². The van der Waals surface area contributed by atoms with E-state index in [2.05, 4.69) is 4.98 Å². The molecule has 0 saturated heterocycles. The van der Waals surface area contributed by atoms with Crippen LogP contribution in [0.4, 0.5) is 4.39 Å². The van der Waals surface area contributed by atoms with Crippen LogP contribution in [0.3, 0.4) is 0 Å². The highest BCUT2D eigenvalue weighted by Gasteiger charge is 2.34. The second kappa shape index (κ2) is 9.61. The van der Waals surface area contributed by atoms with E-state index in [1.165, 1.54) is 12.1 Å². The highest BCUT2D eigenvalue weighted by atomic mass is 35.5. The Bertz CT molecular complexity index is 1270. The van der Waals surface area contributed by atoms with E-state index in [1.807, 2.05) is 48.5 Å². The number of hydrogen-bond donors (Lipinski definition) is 1. The number of fused-ring (bicyclic) bond motifs is 1. The Morgan fingerprint density at radius 3 is 2.47 bits per heavy atom. The molecule has 1 aliphatic rings. The summed E-state index contributed by atoms with van der Waals surface area (Å²) in [6.07, 6.45) is 4.86. The average molecular weight is 477 g/mol. The van der Waals surface area contributed by atoms with Gasteiger partial charge in [-0.3, -0.25) is 0 Å². The quantitative estimate of drug-likeness (QED) is 0.333. The molecule has 0 bridgehead atoms. The molecule has 1 aromatic heterocycles. The second-order valence-electron chi connectivity index (χ2n) is 8.87. The Kier molecular flexibility index (Phi) is 6.40. The van der Waals surface area contributed by atoms with Gasteiger partial charge in [-0.25, -0.2) is 9.37 Å². The summed E-state index contributed by atoms with van der Waals surface area (Å²) in [7, 11) is 0. The molecule has 34 heavy (non-hydrogen) atoms. The van der Waals surface area contributed by atoms with Crippen LogP contribution in [0.2, 0.25) is 5.02 Å². The lowest BCUT2D eigenvalue weighted by Crippen LogP contribution is -2.42. The van der Waals surface area contributed by atoms with E-state index in [9.17, 15) is 4.39 Å². The molecule has 3 aromatic carbocycles. The fraction of sp³-hybridized carbons (Fsp3) is 0.250. The lowest BCUT2D eigenvalue weighted by atomic mass is 9.76. The number of nitrogens with zero attached hydrogens (tertiary/aromatic N) is 1. The summed E-state index contributed by atoms with van der Waals surface area (Å²) in [4.78, 5) is 4.40. The van der Waals surface area contributed by atoms with E-state index in [4.69, 9.17) is 26.8 Å². The Hall–Kier alpha value is -3.15. The van der Waals surface area contributed by atoms with Gasteiger partial charge in [0.15, 0.2) is 0 Å². The van der Waals surface area contributed by atoms with Gasteiger partial charge in [0.25, 0.3) is 0 Å². The van der Waals surface area contributed by atoms with Crippen molar-refractivity contribution in [3.05, 3.63) is 101 Å². The van der Waals surface area contributed by atoms with E-state index in [1.54, 1.807) is 18.3 Å². The Morgan fingerprint density at radius 2 is 1.74 bits per heavy atom. The van der Waals surface area contributed by atoms with Crippen LogP contribution >= 0.6 is 11.6 Å². The van der Waals surface area contributed by atoms with Crippen molar-refractivity contribution in [2.24, 2.45) is 5.73 Å². The van der Waals surface area contributed by atoms with E-state index >= 15 is 0 Å². The van der Waals surface area contributed by atoms with E-state index < -0.39 is 5.54 Å². The Balaban J connectivity index is 1.28. The molecule has 0 atom stereocenters. The van der Waals surface area contributed by atoms with Crippen molar-refractivity contribution in [2.45, 2.75) is 43.9 Å². The molecule has 4 nitrogen and oxygen atoms in total. The SMILES string of the molecule is N[C@]1(c2ccc(F)cc2)CC[C@@H](Oc2cc3ccnc(OCc4ccccc4)c3cc2Cl)CC1. The van der Waals surface area contributed by atoms with Gasteiger partial charge in [0.1, 0.15) is 18.2 Å². The van der Waals surface area contributed by atoms with Crippen LogP contribution in [0.15, 0.2) is 79.0 Å². The predicted molar refractivity (Wildman–Crippen MR) is 133 cm³/mol. The number of rotatable bonds is 6. The van der Waals surface area contributed by atoms with Crippen LogP contribution in [-0.4, -0.2) is 11.1 Å². The summed E-state index contributed by atoms with van der Waals surface area (Å²) in [5.41, 5.74) is 8.23. The number of halogens is 2. The zero-order chi connectivity index (χ0) is 23.5. The molecule has 1 saturated carbocycles. The van der Waals surface area contributed by atoms with Gasteiger partial charge < -0.3 is 15.2 Å². The zero-order valence-electron chi connectivity index (χ0n) is 18.7. The number of hydrogen-bond acceptors (Lipinski definition) is 4. The minimum absolute atomic E-state index is 0.0164. The van der Waals surface area contributed by atoms with Crippen molar-refractivity contribution in [2.75, 3.05) is 0 Å². The highest BCUT2D eigenvalue weighted by Crippen LogP contribution is 2.39. The minimum atomic E-state index is -0.461. The van der Waals surface area contributed by atoms with Crippen molar-refractivity contribution in [1.82, 2.24) is 4.98 Å². The fourth-order valence-electron chi connectivity index (χ4n) is 4.55. The van der Waals surface area contributed by atoms with Gasteiger partial charge in [-0.15, -0.1) is 0 Å². The van der Waals surface area contributed by atoms with Gasteiger partial charge >= 0.3 is 0 Å². The molecular weight excluding hydrogens is 451 g/mol. The van der Waals surface area contributed by atoms with Crippen molar-refractivity contribution in [1.29, 1.82) is 0 Å². The molecule has 0 unspecified atom stereocenters. The van der Waals surface area contributed by atoms with Crippen LogP contribution in [0.1, 0.15) is 36.8 Å². The highest BCUT2D eigenvalue weighted by molar-refractivity contribution is 6.33. The van der Waals surface area contributed by atoms with E-state index in [0.717, 1.165) is 47.6 Å². The first-order valence-corrected chi connectivity index (χ1v) is 11.8. The molecule has 174 valence electrons. The molecule has 0 amide bonds. The number of pyridine rings is 1. The first-order chi connectivity index (χ1) is 16.5. The molecular formula is C28H26ClFN2O2. The Morgan fingerprint density at radius 1 is 1.00 bits per heavy atom. The molecule has 1 heterocycles. The molecule has 6 heteroatoms. The van der Waals surface area contributed by atoms with E-state index in [-0.39, 0.29) is 11.9 Å². The van der Waals surface area contributed by atoms with Crippen molar-refractivity contribution in [3.63, 3.8) is 0 Å². The molecule has 0 aliphatic heterocycles. The van der Waals surface area contributed by atoms with E-state index in [0.29, 0.717) is 23.3 Å². The molecule has 1 fully saturated rings. The van der Waals surface area contributed by atoms with Crippen molar-refractivity contribution < 1.29 is 13.9 Å². The third-order valence-corrected chi connectivity index (χ3v) is 6.83. The number of ether oxygens (including phenoxy) is 2. The molecule has 4 aromatic rings. The van der Waals surface area contributed by atoms with Crippen LogP contribution in [-0.2, 0) is 12.1 Å². The van der Waals surface area contributed by atoms with Gasteiger partial charge in [0, 0.05) is 17.1 Å². The lowest BCUT2D eigenvalue weighted by Gasteiger charge is -2.37. The summed E-state index contributed by atoms with van der Waals surface area (Å²) < 4.78 is 25.6. The molecule has 0 spiro atoms. The van der Waals surface area contributed by atoms with Gasteiger partial charge in [-0.05, 0) is 72.5 Å². The number of nitrogens with two attached hydrogens (primary N) is 1. The summed E-state index contributed by atoms with van der Waals surface area (Å²) in [5.74, 6) is 0.935. The maximum absolute atomic E-state index is 13.3. The van der Waals surface area contributed by atoms with Crippen LogP contribution < -0.4 is 15.2 Å². The molecule has 5 rings (SSSR count). The van der Waals surface area contributed by atoms with Gasteiger partial charge in [0.05, 0.1) is 11.1 Å². The maximum Gasteiger partial charge on any atom is 0.221 e. The van der Waals surface area contributed by atoms with Gasteiger partial charge in [0.2, 0.25) is 5.88 Å². The summed E-state index contributed by atoms with van der Waals surface area (Å²) in [6, 6.07) is 22.2. The number of benzene rings is 3. The minimum Gasteiger partial charge on any atom is -0.489 e. The number of aromatic nitrogens is 1.